The minimum Gasteiger partial charge on any atom is -0.326 e. The number of aromatic nitrogens is 3. The number of nitrogens with zero attached hydrogens (tertiary/aromatic N) is 3. The lowest BCUT2D eigenvalue weighted by Crippen LogP contribution is -2.28. The van der Waals surface area contributed by atoms with Crippen LogP contribution in [0, 0.1) is 0 Å². The summed E-state index contributed by atoms with van der Waals surface area (Å²) < 4.78 is 28.9. The minimum absolute atomic E-state index is 0.252. The molecule has 0 radical (unpaired) electrons. The average molecular weight is 301 g/mol. The van der Waals surface area contributed by atoms with Gasteiger partial charge in [0.25, 0.3) is 10.0 Å². The van der Waals surface area contributed by atoms with Crippen LogP contribution in [0.3, 0.4) is 0 Å². The summed E-state index contributed by atoms with van der Waals surface area (Å²) >= 11 is 1.16. The number of rotatable bonds is 5. The lowest BCUT2D eigenvalue weighted by atomic mass is 10.3. The van der Waals surface area contributed by atoms with Crippen LogP contribution in [-0.2, 0) is 23.6 Å². The predicted octanol–water partition coefficient (Wildman–Crippen LogP) is 0.375. The van der Waals surface area contributed by atoms with Crippen LogP contribution in [0.5, 0.6) is 0 Å². The number of sulfonamides is 1. The maximum Gasteiger partial charge on any atom is 0.250 e. The van der Waals surface area contributed by atoms with Gasteiger partial charge in [0.15, 0.2) is 0 Å². The SMILES string of the molecule is CC(NS(=O)(=O)c1ccc(CN)s1)c1nncn1C. The summed E-state index contributed by atoms with van der Waals surface area (Å²) in [4.78, 5) is 0.826. The van der Waals surface area contributed by atoms with Crippen molar-refractivity contribution in [1.29, 1.82) is 0 Å². The molecule has 0 fully saturated rings. The van der Waals surface area contributed by atoms with E-state index in [1.807, 2.05) is 0 Å². The van der Waals surface area contributed by atoms with Crippen molar-refractivity contribution in [2.75, 3.05) is 0 Å². The highest BCUT2D eigenvalue weighted by molar-refractivity contribution is 7.91. The molecule has 0 saturated heterocycles. The molecule has 1 unspecified atom stereocenters. The van der Waals surface area contributed by atoms with Crippen LogP contribution >= 0.6 is 11.3 Å². The van der Waals surface area contributed by atoms with E-state index in [0.29, 0.717) is 12.4 Å². The topological polar surface area (TPSA) is 103 Å². The normalized spacial score (nSPS) is 13.6. The first-order valence-corrected chi connectivity index (χ1v) is 7.89. The van der Waals surface area contributed by atoms with Gasteiger partial charge in [-0.1, -0.05) is 0 Å². The molecule has 7 nitrogen and oxygen atoms in total. The summed E-state index contributed by atoms with van der Waals surface area (Å²) in [7, 11) is -1.80. The monoisotopic (exact) mass is 301 g/mol. The Hall–Kier alpha value is -1.29. The summed E-state index contributed by atoms with van der Waals surface area (Å²) in [6, 6.07) is 2.81. The first-order chi connectivity index (χ1) is 8.94. The number of hydrogen-bond acceptors (Lipinski definition) is 6. The second-order valence-electron chi connectivity index (χ2n) is 4.07. The Morgan fingerprint density at radius 1 is 1.53 bits per heavy atom. The zero-order valence-corrected chi connectivity index (χ0v) is 12.2. The van der Waals surface area contributed by atoms with Crippen LogP contribution in [-0.4, -0.2) is 23.2 Å². The van der Waals surface area contributed by atoms with Crippen LogP contribution in [0.1, 0.15) is 23.7 Å². The molecular formula is C10H15N5O2S2. The highest BCUT2D eigenvalue weighted by atomic mass is 32.2. The molecule has 1 atom stereocenters. The number of thiophene rings is 1. The molecule has 19 heavy (non-hydrogen) atoms. The van der Waals surface area contributed by atoms with E-state index in [0.717, 1.165) is 16.2 Å². The summed E-state index contributed by atoms with van der Waals surface area (Å²) in [5.74, 6) is 0.555. The fourth-order valence-electron chi connectivity index (χ4n) is 1.64. The Labute approximate surface area is 115 Å². The maximum absolute atomic E-state index is 12.2. The van der Waals surface area contributed by atoms with Crippen LogP contribution in [0.4, 0.5) is 0 Å². The van der Waals surface area contributed by atoms with Crippen LogP contribution in [0.25, 0.3) is 0 Å². The molecule has 2 heterocycles. The molecule has 0 aliphatic heterocycles. The van der Waals surface area contributed by atoms with Gasteiger partial charge >= 0.3 is 0 Å². The third-order valence-electron chi connectivity index (χ3n) is 2.57. The number of nitrogens with one attached hydrogen (secondary N) is 1. The molecule has 9 heteroatoms. The molecule has 2 aromatic heterocycles. The quantitative estimate of drug-likeness (QED) is 0.831. The van der Waals surface area contributed by atoms with Crippen molar-refractivity contribution in [2.45, 2.75) is 23.7 Å². The highest BCUT2D eigenvalue weighted by Crippen LogP contribution is 2.22. The average Bonchev–Trinajstić information content (AvgIpc) is 2.96. The summed E-state index contributed by atoms with van der Waals surface area (Å²) in [5, 5.41) is 7.61. The van der Waals surface area contributed by atoms with E-state index in [9.17, 15) is 8.42 Å². The van der Waals surface area contributed by atoms with E-state index in [4.69, 9.17) is 5.73 Å². The van der Waals surface area contributed by atoms with Gasteiger partial charge in [0.05, 0.1) is 6.04 Å². The van der Waals surface area contributed by atoms with Gasteiger partial charge in [-0.2, -0.15) is 0 Å². The van der Waals surface area contributed by atoms with Gasteiger partial charge in [0, 0.05) is 18.5 Å². The number of nitrogens with two attached hydrogens (primary N) is 1. The molecule has 104 valence electrons. The minimum atomic E-state index is -3.56. The molecule has 0 bridgehead atoms. The first-order valence-electron chi connectivity index (χ1n) is 5.59. The van der Waals surface area contributed by atoms with Gasteiger partial charge in [-0.05, 0) is 19.1 Å². The molecule has 0 aliphatic rings. The van der Waals surface area contributed by atoms with Crippen LogP contribution in [0.2, 0.25) is 0 Å². The molecular weight excluding hydrogens is 286 g/mol. The van der Waals surface area contributed by atoms with Gasteiger partial charge < -0.3 is 10.3 Å². The van der Waals surface area contributed by atoms with Crippen LogP contribution < -0.4 is 10.5 Å². The zero-order valence-electron chi connectivity index (χ0n) is 10.6. The summed E-state index contributed by atoms with van der Waals surface area (Å²) in [6.45, 7) is 2.05. The van der Waals surface area contributed by atoms with Crippen molar-refractivity contribution in [3.8, 4) is 0 Å². The molecule has 0 spiro atoms. The van der Waals surface area contributed by atoms with Gasteiger partial charge in [0.2, 0.25) is 0 Å². The van der Waals surface area contributed by atoms with Crippen molar-refractivity contribution in [3.63, 3.8) is 0 Å². The number of hydrogen-bond donors (Lipinski definition) is 2. The Kier molecular flexibility index (Phi) is 3.99. The standard InChI is InChI=1S/C10H15N5O2S2/c1-7(10-13-12-6-15(10)2)14-19(16,17)9-4-3-8(5-11)18-9/h3-4,6-7,14H,5,11H2,1-2H3. The third-order valence-corrected chi connectivity index (χ3v) is 5.71. The van der Waals surface area contributed by atoms with Crippen LogP contribution in [0.15, 0.2) is 22.7 Å². The predicted molar refractivity (Wildman–Crippen MR) is 71.9 cm³/mol. The molecule has 2 rings (SSSR count). The van der Waals surface area contributed by atoms with E-state index >= 15 is 0 Å². The fourth-order valence-corrected chi connectivity index (χ4v) is 4.09. The Morgan fingerprint density at radius 2 is 2.26 bits per heavy atom. The van der Waals surface area contributed by atoms with E-state index in [1.54, 1.807) is 30.7 Å². The van der Waals surface area contributed by atoms with E-state index in [1.165, 1.54) is 6.33 Å². The van der Waals surface area contributed by atoms with Crippen molar-refractivity contribution in [2.24, 2.45) is 12.8 Å². The Morgan fingerprint density at radius 3 is 2.79 bits per heavy atom. The Balaban J connectivity index is 2.20. The molecule has 2 aromatic rings. The van der Waals surface area contributed by atoms with E-state index in [2.05, 4.69) is 14.9 Å². The van der Waals surface area contributed by atoms with Gasteiger partial charge in [0.1, 0.15) is 16.4 Å². The third kappa shape index (κ3) is 3.00. The first kappa shape index (κ1) is 14.1. The largest absolute Gasteiger partial charge is 0.326 e. The van der Waals surface area contributed by atoms with Crippen molar-refractivity contribution < 1.29 is 8.42 Å². The van der Waals surface area contributed by atoms with Crippen molar-refractivity contribution in [3.05, 3.63) is 29.2 Å². The fraction of sp³-hybridized carbons (Fsp3) is 0.400. The molecule has 0 aromatic carbocycles. The summed E-state index contributed by atoms with van der Waals surface area (Å²) in [5.41, 5.74) is 5.48. The molecule has 3 N–H and O–H groups in total. The van der Waals surface area contributed by atoms with Crippen molar-refractivity contribution >= 4 is 21.4 Å². The van der Waals surface area contributed by atoms with E-state index < -0.39 is 16.1 Å². The lowest BCUT2D eigenvalue weighted by Gasteiger charge is -2.12. The Bertz CT molecular complexity index is 661. The smallest absolute Gasteiger partial charge is 0.250 e. The number of aryl methyl sites for hydroxylation is 1. The molecule has 0 saturated carbocycles. The van der Waals surface area contributed by atoms with E-state index in [-0.39, 0.29) is 4.21 Å². The second-order valence-corrected chi connectivity index (χ2v) is 7.18. The molecule has 0 amide bonds. The highest BCUT2D eigenvalue weighted by Gasteiger charge is 2.22. The second kappa shape index (κ2) is 5.37. The van der Waals surface area contributed by atoms with Gasteiger partial charge in [-0.15, -0.1) is 21.5 Å². The zero-order chi connectivity index (χ0) is 14.0. The van der Waals surface area contributed by atoms with Crippen molar-refractivity contribution in [1.82, 2.24) is 19.5 Å². The van der Waals surface area contributed by atoms with Gasteiger partial charge in [-0.25, -0.2) is 13.1 Å². The molecule has 0 aliphatic carbocycles. The maximum atomic E-state index is 12.2. The van der Waals surface area contributed by atoms with Gasteiger partial charge in [-0.3, -0.25) is 0 Å². The summed E-state index contributed by atoms with van der Waals surface area (Å²) in [6.07, 6.45) is 1.53. The lowest BCUT2D eigenvalue weighted by molar-refractivity contribution is 0.555.